The van der Waals surface area contributed by atoms with Crippen LogP contribution in [0.15, 0.2) is 0 Å². The van der Waals surface area contributed by atoms with Gasteiger partial charge in [-0.05, 0) is 48.5 Å². The number of esters is 2. The molecule has 2 rings (SSSR count). The number of ether oxygens (including phenoxy) is 4. The Hall–Kier alpha value is -3.07. The summed E-state index contributed by atoms with van der Waals surface area (Å²) in [4.78, 5) is 49.2. The molecule has 2 aliphatic heterocycles. The molecule has 2 fully saturated rings. The monoisotopic (exact) mass is 498 g/mol. The molecular formula is C23H38N4O8. The van der Waals surface area contributed by atoms with Crippen molar-refractivity contribution < 1.29 is 38.1 Å². The molecule has 0 bridgehead atoms. The van der Waals surface area contributed by atoms with E-state index < -0.39 is 40.2 Å². The van der Waals surface area contributed by atoms with Crippen molar-refractivity contribution in [3.63, 3.8) is 0 Å². The number of nitrogens with two attached hydrogens (primary N) is 1. The van der Waals surface area contributed by atoms with Gasteiger partial charge < -0.3 is 34.5 Å². The topological polar surface area (TPSA) is 161 Å². The van der Waals surface area contributed by atoms with Crippen molar-refractivity contribution in [2.75, 3.05) is 46.4 Å². The highest BCUT2D eigenvalue weighted by Gasteiger charge is 2.54. The van der Waals surface area contributed by atoms with Gasteiger partial charge >= 0.3 is 24.1 Å². The van der Waals surface area contributed by atoms with E-state index in [-0.39, 0.29) is 45.3 Å². The maximum Gasteiger partial charge on any atom is 0.410 e. The van der Waals surface area contributed by atoms with Crippen LogP contribution in [0, 0.1) is 22.2 Å². The minimum absolute atomic E-state index is 0.0250. The molecular weight excluding hydrogens is 460 g/mol. The molecule has 0 aliphatic carbocycles. The Balaban J connectivity index is 0.000000351. The number of hydrogen-bond donors (Lipinski definition) is 1. The number of methoxy groups -OCH3 is 1. The summed E-state index contributed by atoms with van der Waals surface area (Å²) in [6, 6.07) is 1.92. The van der Waals surface area contributed by atoms with E-state index in [0.29, 0.717) is 0 Å². The van der Waals surface area contributed by atoms with Gasteiger partial charge in [0.1, 0.15) is 16.6 Å². The van der Waals surface area contributed by atoms with Gasteiger partial charge in [0, 0.05) is 19.6 Å². The summed E-state index contributed by atoms with van der Waals surface area (Å²) in [5.74, 6) is -0.952. The van der Waals surface area contributed by atoms with Crippen LogP contribution in [0.1, 0.15) is 48.5 Å². The van der Waals surface area contributed by atoms with Crippen molar-refractivity contribution in [2.45, 2.75) is 59.7 Å². The number of amides is 2. The van der Waals surface area contributed by atoms with E-state index in [0.717, 1.165) is 0 Å². The summed E-state index contributed by atoms with van der Waals surface area (Å²) >= 11 is 0. The highest BCUT2D eigenvalue weighted by molar-refractivity contribution is 5.85. The third kappa shape index (κ3) is 7.71. The summed E-state index contributed by atoms with van der Waals surface area (Å²) in [6.45, 7) is 13.3. The van der Waals surface area contributed by atoms with E-state index in [9.17, 15) is 19.2 Å². The number of rotatable bonds is 4. The van der Waals surface area contributed by atoms with Crippen molar-refractivity contribution in [3.8, 4) is 6.07 Å². The lowest BCUT2D eigenvalue weighted by molar-refractivity contribution is -0.162. The predicted molar refractivity (Wildman–Crippen MR) is 124 cm³/mol. The molecule has 2 N–H and O–H groups in total. The number of hydrogen-bond acceptors (Lipinski definition) is 10. The largest absolute Gasteiger partial charge is 0.468 e. The molecule has 2 amide bonds. The van der Waals surface area contributed by atoms with Crippen LogP contribution in [0.3, 0.4) is 0 Å². The lowest BCUT2D eigenvalue weighted by Crippen LogP contribution is -2.65. The third-order valence-corrected chi connectivity index (χ3v) is 5.10. The lowest BCUT2D eigenvalue weighted by Gasteiger charge is -2.46. The quantitative estimate of drug-likeness (QED) is 0.446. The van der Waals surface area contributed by atoms with E-state index >= 15 is 0 Å². The van der Waals surface area contributed by atoms with Crippen LogP contribution in [0.4, 0.5) is 9.59 Å². The Morgan fingerprint density at radius 2 is 1.31 bits per heavy atom. The number of carbonyl (C=O) groups excluding carboxylic acids is 4. The Morgan fingerprint density at radius 1 is 0.886 bits per heavy atom. The standard InChI is InChI=1S/C12H18N2O4.C11H20N2O4/c1-5-17-9(15)12(6-13)7-14(8-12)10(16)18-11(2,3)4;1-10(2,3)17-9(15)13-6-11(5-12,7-13)8(14)16-4/h5,7-8H2,1-4H3;5-7,12H2,1-4H3. The smallest absolute Gasteiger partial charge is 0.410 e. The first-order valence-corrected chi connectivity index (χ1v) is 11.3. The number of carbonyl (C=O) groups is 4. The van der Waals surface area contributed by atoms with Crippen molar-refractivity contribution >= 4 is 24.1 Å². The average molecular weight is 499 g/mol. The summed E-state index contributed by atoms with van der Waals surface area (Å²) in [6.07, 6.45) is -0.942. The molecule has 0 radical (unpaired) electrons. The molecule has 12 heteroatoms. The summed E-state index contributed by atoms with van der Waals surface area (Å²) in [5.41, 5.74) is 2.44. The fourth-order valence-electron chi connectivity index (χ4n) is 3.27. The first kappa shape index (κ1) is 30.0. The molecule has 2 saturated heterocycles. The molecule has 0 aromatic heterocycles. The minimum atomic E-state index is -1.23. The molecule has 35 heavy (non-hydrogen) atoms. The SMILES string of the molecule is CCOC(=O)C1(C#N)CN(C(=O)OC(C)(C)C)C1.COC(=O)C1(CN)CN(C(=O)OC(C)(C)C)C1. The van der Waals surface area contributed by atoms with Crippen LogP contribution in [-0.2, 0) is 28.5 Å². The van der Waals surface area contributed by atoms with E-state index in [4.69, 9.17) is 25.2 Å². The zero-order valence-corrected chi connectivity index (χ0v) is 21.9. The van der Waals surface area contributed by atoms with Gasteiger partial charge in [-0.25, -0.2) is 9.59 Å². The number of nitrogens with zero attached hydrogens (tertiary/aromatic N) is 3. The van der Waals surface area contributed by atoms with Gasteiger partial charge in [-0.3, -0.25) is 9.59 Å². The molecule has 198 valence electrons. The summed E-state index contributed by atoms with van der Waals surface area (Å²) < 4.78 is 19.8. The first-order chi connectivity index (χ1) is 16.0. The zero-order valence-electron chi connectivity index (χ0n) is 21.9. The summed E-state index contributed by atoms with van der Waals surface area (Å²) in [5, 5.41) is 9.04. The van der Waals surface area contributed by atoms with Crippen LogP contribution < -0.4 is 5.73 Å². The van der Waals surface area contributed by atoms with Crippen LogP contribution >= 0.6 is 0 Å². The Bertz CT molecular complexity index is 841. The second-order valence-electron chi connectivity index (χ2n) is 10.6. The molecule has 12 nitrogen and oxygen atoms in total. The molecule has 0 saturated carbocycles. The third-order valence-electron chi connectivity index (χ3n) is 5.10. The van der Waals surface area contributed by atoms with Crippen molar-refractivity contribution in [1.29, 1.82) is 5.26 Å². The van der Waals surface area contributed by atoms with Gasteiger partial charge in [-0.2, -0.15) is 5.26 Å². The second-order valence-corrected chi connectivity index (χ2v) is 10.6. The van der Waals surface area contributed by atoms with Gasteiger partial charge in [0.05, 0.1) is 32.9 Å². The minimum Gasteiger partial charge on any atom is -0.468 e. The molecule has 2 heterocycles. The Morgan fingerprint density at radius 3 is 1.63 bits per heavy atom. The van der Waals surface area contributed by atoms with Crippen LogP contribution in [0.25, 0.3) is 0 Å². The Labute approximate surface area is 206 Å². The molecule has 0 spiro atoms. The maximum atomic E-state index is 11.7. The normalized spacial score (nSPS) is 17.8. The molecule has 0 aromatic rings. The van der Waals surface area contributed by atoms with E-state index in [2.05, 4.69) is 4.74 Å². The number of likely N-dealkylation sites (tertiary alicyclic amines) is 2. The van der Waals surface area contributed by atoms with Crippen molar-refractivity contribution in [3.05, 3.63) is 0 Å². The van der Waals surface area contributed by atoms with E-state index in [1.807, 2.05) is 6.07 Å². The van der Waals surface area contributed by atoms with Gasteiger partial charge in [-0.1, -0.05) is 0 Å². The highest BCUT2D eigenvalue weighted by Crippen LogP contribution is 2.33. The predicted octanol–water partition coefficient (Wildman–Crippen LogP) is 1.67. The van der Waals surface area contributed by atoms with Crippen LogP contribution in [-0.4, -0.2) is 91.6 Å². The zero-order chi connectivity index (χ0) is 27.2. The second kappa shape index (κ2) is 11.1. The fraction of sp³-hybridized carbons (Fsp3) is 0.783. The highest BCUT2D eigenvalue weighted by atomic mass is 16.6. The van der Waals surface area contributed by atoms with E-state index in [1.165, 1.54) is 16.9 Å². The van der Waals surface area contributed by atoms with E-state index in [1.54, 1.807) is 48.5 Å². The molecule has 0 unspecified atom stereocenters. The summed E-state index contributed by atoms with van der Waals surface area (Å²) in [7, 11) is 1.32. The maximum absolute atomic E-state index is 11.7. The molecule has 2 aliphatic rings. The fourth-order valence-corrected chi connectivity index (χ4v) is 3.27. The number of nitriles is 1. The lowest BCUT2D eigenvalue weighted by atomic mass is 9.80. The van der Waals surface area contributed by atoms with Gasteiger partial charge in [0.25, 0.3) is 0 Å². The van der Waals surface area contributed by atoms with Gasteiger partial charge in [0.15, 0.2) is 5.41 Å². The Kier molecular flexibility index (Phi) is 9.51. The van der Waals surface area contributed by atoms with Gasteiger partial charge in [0.2, 0.25) is 0 Å². The van der Waals surface area contributed by atoms with Crippen LogP contribution in [0.2, 0.25) is 0 Å². The van der Waals surface area contributed by atoms with Crippen LogP contribution in [0.5, 0.6) is 0 Å². The molecule has 0 atom stereocenters. The van der Waals surface area contributed by atoms with Gasteiger partial charge in [-0.15, -0.1) is 0 Å². The van der Waals surface area contributed by atoms with Crippen molar-refractivity contribution in [1.82, 2.24) is 9.80 Å². The average Bonchev–Trinajstić information content (AvgIpc) is 2.65. The first-order valence-electron chi connectivity index (χ1n) is 11.3. The molecule has 0 aromatic carbocycles. The van der Waals surface area contributed by atoms with Crippen molar-refractivity contribution in [2.24, 2.45) is 16.6 Å².